The Labute approximate surface area is 146 Å². The summed E-state index contributed by atoms with van der Waals surface area (Å²) in [5.41, 5.74) is 2.63. The number of halogens is 1. The molecule has 1 aromatic heterocycles. The average molecular weight is 346 g/mol. The fraction of sp³-hybridized carbons (Fsp3) is 0.389. The Kier molecular flexibility index (Phi) is 4.45. The number of ketones is 1. The van der Waals surface area contributed by atoms with Gasteiger partial charge in [0.25, 0.3) is 11.7 Å². The molecule has 0 spiro atoms. The number of aryl methyl sites for hydroxylation is 2. The van der Waals surface area contributed by atoms with Gasteiger partial charge in [0.15, 0.2) is 0 Å². The molecule has 1 heterocycles. The van der Waals surface area contributed by atoms with Gasteiger partial charge in [-0.1, -0.05) is 23.7 Å². The van der Waals surface area contributed by atoms with Crippen LogP contribution in [0, 0.1) is 19.8 Å². The number of nitrogens with one attached hydrogen (secondary N) is 1. The minimum atomic E-state index is -0.582. The minimum absolute atomic E-state index is 0.156. The van der Waals surface area contributed by atoms with Crippen molar-refractivity contribution >= 4 is 23.3 Å². The highest BCUT2D eigenvalue weighted by Gasteiger charge is 2.35. The molecule has 0 radical (unpaired) electrons. The van der Waals surface area contributed by atoms with Gasteiger partial charge in [-0.05, 0) is 50.3 Å². The van der Waals surface area contributed by atoms with Crippen LogP contribution in [0.25, 0.3) is 0 Å². The van der Waals surface area contributed by atoms with E-state index in [2.05, 4.69) is 10.4 Å². The molecule has 1 aliphatic rings. The molecular weight excluding hydrogens is 326 g/mol. The molecule has 126 valence electrons. The van der Waals surface area contributed by atoms with Crippen LogP contribution in [0.5, 0.6) is 0 Å². The van der Waals surface area contributed by atoms with Crippen LogP contribution >= 0.6 is 11.6 Å². The Morgan fingerprint density at radius 1 is 1.25 bits per heavy atom. The number of hydrogen-bond donors (Lipinski definition) is 1. The van der Waals surface area contributed by atoms with Crippen LogP contribution in [0.2, 0.25) is 5.02 Å². The first-order valence-electron chi connectivity index (χ1n) is 7.99. The summed E-state index contributed by atoms with van der Waals surface area (Å²) in [6.45, 7) is 3.53. The molecule has 1 fully saturated rings. The van der Waals surface area contributed by atoms with Crippen LogP contribution in [0.3, 0.4) is 0 Å². The van der Waals surface area contributed by atoms with E-state index in [0.29, 0.717) is 27.9 Å². The first-order chi connectivity index (χ1) is 11.4. The second kappa shape index (κ2) is 6.40. The third kappa shape index (κ3) is 3.22. The van der Waals surface area contributed by atoms with E-state index in [1.807, 2.05) is 12.1 Å². The lowest BCUT2D eigenvalue weighted by Gasteiger charge is -2.18. The van der Waals surface area contributed by atoms with E-state index in [1.165, 1.54) is 0 Å². The van der Waals surface area contributed by atoms with E-state index in [1.54, 1.807) is 37.7 Å². The first-order valence-corrected chi connectivity index (χ1v) is 8.37. The number of carbonyl (C=O) groups is 2. The zero-order valence-corrected chi connectivity index (χ0v) is 14.7. The lowest BCUT2D eigenvalue weighted by molar-refractivity contribution is -0.117. The second-order valence-electron chi connectivity index (χ2n) is 6.34. The van der Waals surface area contributed by atoms with Crippen LogP contribution in [0.4, 0.5) is 0 Å². The summed E-state index contributed by atoms with van der Waals surface area (Å²) in [5, 5.41) is 7.77. The van der Waals surface area contributed by atoms with Crippen LogP contribution in [0.15, 0.2) is 24.3 Å². The van der Waals surface area contributed by atoms with Crippen molar-refractivity contribution < 1.29 is 9.59 Å². The van der Waals surface area contributed by atoms with Crippen molar-refractivity contribution in [1.29, 1.82) is 0 Å². The molecule has 0 bridgehead atoms. The molecule has 2 aromatic rings. The van der Waals surface area contributed by atoms with E-state index >= 15 is 0 Å². The van der Waals surface area contributed by atoms with Gasteiger partial charge in [-0.25, -0.2) is 0 Å². The average Bonchev–Trinajstić information content (AvgIpc) is 3.34. The zero-order valence-electron chi connectivity index (χ0n) is 14.0. The fourth-order valence-corrected chi connectivity index (χ4v) is 3.12. The monoisotopic (exact) mass is 345 g/mol. The number of aromatic nitrogens is 2. The van der Waals surface area contributed by atoms with Gasteiger partial charge in [0.05, 0.1) is 17.3 Å². The van der Waals surface area contributed by atoms with E-state index in [4.69, 9.17) is 11.6 Å². The fourth-order valence-electron chi connectivity index (χ4n) is 3.00. The summed E-state index contributed by atoms with van der Waals surface area (Å²) in [5.74, 6) is -0.738. The molecule has 1 amide bonds. The molecular formula is C18H20ClN3O2. The van der Waals surface area contributed by atoms with Crippen molar-refractivity contribution in [2.75, 3.05) is 0 Å². The van der Waals surface area contributed by atoms with Gasteiger partial charge in [-0.3, -0.25) is 14.3 Å². The van der Waals surface area contributed by atoms with Crippen molar-refractivity contribution in [2.45, 2.75) is 32.7 Å². The molecule has 1 N–H and O–H groups in total. The third-order valence-electron chi connectivity index (χ3n) is 4.55. The van der Waals surface area contributed by atoms with E-state index in [-0.39, 0.29) is 6.04 Å². The van der Waals surface area contributed by atoms with Crippen molar-refractivity contribution in [3.63, 3.8) is 0 Å². The topological polar surface area (TPSA) is 64.0 Å². The summed E-state index contributed by atoms with van der Waals surface area (Å²) < 4.78 is 1.62. The van der Waals surface area contributed by atoms with Gasteiger partial charge in [0, 0.05) is 17.8 Å². The van der Waals surface area contributed by atoms with E-state index in [0.717, 1.165) is 18.4 Å². The van der Waals surface area contributed by atoms with Gasteiger partial charge in [0.2, 0.25) is 0 Å². The second-order valence-corrected chi connectivity index (χ2v) is 6.78. The largest absolute Gasteiger partial charge is 0.342 e. The number of carbonyl (C=O) groups excluding carboxylic acids is 2. The number of nitrogens with zero attached hydrogens (tertiary/aromatic N) is 2. The maximum Gasteiger partial charge on any atom is 0.293 e. The maximum absolute atomic E-state index is 12.6. The van der Waals surface area contributed by atoms with Gasteiger partial charge in [-0.15, -0.1) is 0 Å². The van der Waals surface area contributed by atoms with Gasteiger partial charge < -0.3 is 5.32 Å². The van der Waals surface area contributed by atoms with Crippen molar-refractivity contribution in [1.82, 2.24) is 15.1 Å². The highest BCUT2D eigenvalue weighted by atomic mass is 35.5. The Morgan fingerprint density at radius 3 is 2.38 bits per heavy atom. The van der Waals surface area contributed by atoms with Gasteiger partial charge in [-0.2, -0.15) is 5.10 Å². The molecule has 1 atom stereocenters. The molecule has 0 aliphatic heterocycles. The molecule has 1 unspecified atom stereocenters. The molecule has 5 nitrogen and oxygen atoms in total. The number of rotatable bonds is 5. The quantitative estimate of drug-likeness (QED) is 0.668. The standard InChI is InChI=1S/C18H20ClN3O2/c1-10-15(11(2)22(3)21-10)17(23)18(24)20-16(12-4-5-12)13-6-8-14(19)9-7-13/h6-9,12,16H,4-5H2,1-3H3,(H,20,24). The summed E-state index contributed by atoms with van der Waals surface area (Å²) >= 11 is 5.93. The molecule has 6 heteroatoms. The van der Waals surface area contributed by atoms with Gasteiger partial charge in [0.1, 0.15) is 0 Å². The summed E-state index contributed by atoms with van der Waals surface area (Å²) in [6.07, 6.45) is 2.10. The first kappa shape index (κ1) is 16.7. The lowest BCUT2D eigenvalue weighted by Crippen LogP contribution is -2.35. The lowest BCUT2D eigenvalue weighted by atomic mass is 10.0. The third-order valence-corrected chi connectivity index (χ3v) is 4.80. The van der Waals surface area contributed by atoms with Gasteiger partial charge >= 0.3 is 0 Å². The molecule has 1 aromatic carbocycles. The van der Waals surface area contributed by atoms with Crippen LogP contribution in [-0.4, -0.2) is 21.5 Å². The summed E-state index contributed by atoms with van der Waals surface area (Å²) in [6, 6.07) is 7.24. The van der Waals surface area contributed by atoms with Crippen LogP contribution < -0.4 is 5.32 Å². The number of amides is 1. The predicted octanol–water partition coefficient (Wildman–Crippen LogP) is 3.14. The number of benzene rings is 1. The van der Waals surface area contributed by atoms with E-state index < -0.39 is 11.7 Å². The van der Waals surface area contributed by atoms with Crippen molar-refractivity contribution in [2.24, 2.45) is 13.0 Å². The maximum atomic E-state index is 12.6. The smallest absolute Gasteiger partial charge is 0.293 e. The van der Waals surface area contributed by atoms with Crippen molar-refractivity contribution in [3.8, 4) is 0 Å². The highest BCUT2D eigenvalue weighted by molar-refractivity contribution is 6.43. The summed E-state index contributed by atoms with van der Waals surface area (Å²) in [4.78, 5) is 25.1. The number of Topliss-reactive ketones (excluding diaryl/α,β-unsaturated/α-hetero) is 1. The normalized spacial score (nSPS) is 15.2. The zero-order chi connectivity index (χ0) is 17.4. The molecule has 3 rings (SSSR count). The SMILES string of the molecule is Cc1nn(C)c(C)c1C(=O)C(=O)NC(c1ccc(Cl)cc1)C1CC1. The van der Waals surface area contributed by atoms with E-state index in [9.17, 15) is 9.59 Å². The Bertz CT molecular complexity index is 791. The Balaban J connectivity index is 1.81. The van der Waals surface area contributed by atoms with Crippen LogP contribution in [0.1, 0.15) is 46.2 Å². The Hall–Kier alpha value is -2.14. The summed E-state index contributed by atoms with van der Waals surface area (Å²) in [7, 11) is 1.76. The molecule has 1 aliphatic carbocycles. The Morgan fingerprint density at radius 2 is 1.88 bits per heavy atom. The molecule has 1 saturated carbocycles. The predicted molar refractivity (Wildman–Crippen MR) is 92.1 cm³/mol. The number of hydrogen-bond acceptors (Lipinski definition) is 3. The van der Waals surface area contributed by atoms with Crippen LogP contribution in [-0.2, 0) is 11.8 Å². The van der Waals surface area contributed by atoms with Crippen molar-refractivity contribution in [3.05, 3.63) is 51.8 Å². The molecule has 0 saturated heterocycles. The molecule has 24 heavy (non-hydrogen) atoms. The minimum Gasteiger partial charge on any atom is -0.342 e. The highest BCUT2D eigenvalue weighted by Crippen LogP contribution is 2.41.